The van der Waals surface area contributed by atoms with Gasteiger partial charge in [0.1, 0.15) is 18.4 Å². The highest BCUT2D eigenvalue weighted by Crippen LogP contribution is 2.21. The van der Waals surface area contributed by atoms with E-state index in [1.807, 2.05) is 28.8 Å². The number of carbonyl (C=O) groups excluding carboxylic acids is 1. The molecule has 6 nitrogen and oxygen atoms in total. The Bertz CT molecular complexity index is 941. The molecule has 0 bridgehead atoms. The van der Waals surface area contributed by atoms with Gasteiger partial charge in [-0.1, -0.05) is 23.7 Å². The number of piperidine rings is 1. The van der Waals surface area contributed by atoms with E-state index in [-0.39, 0.29) is 12.5 Å². The summed E-state index contributed by atoms with van der Waals surface area (Å²) >= 11 is 5.89. The van der Waals surface area contributed by atoms with Crippen LogP contribution >= 0.6 is 11.6 Å². The summed E-state index contributed by atoms with van der Waals surface area (Å²) < 4.78 is 7.73. The van der Waals surface area contributed by atoms with Crippen molar-refractivity contribution >= 4 is 28.5 Å². The summed E-state index contributed by atoms with van der Waals surface area (Å²) in [5.74, 6) is 0.605. The largest absolute Gasteiger partial charge is 0.486 e. The first-order chi connectivity index (χ1) is 13.1. The van der Waals surface area contributed by atoms with Crippen molar-refractivity contribution < 1.29 is 14.6 Å². The Labute approximate surface area is 161 Å². The molecule has 1 amide bonds. The maximum atomic E-state index is 12.8. The van der Waals surface area contributed by atoms with Gasteiger partial charge < -0.3 is 19.3 Å². The van der Waals surface area contributed by atoms with E-state index in [9.17, 15) is 9.90 Å². The number of benzene rings is 2. The van der Waals surface area contributed by atoms with Crippen LogP contribution in [0.4, 0.5) is 0 Å². The fourth-order valence-corrected chi connectivity index (χ4v) is 3.44. The number of halogens is 1. The molecule has 0 spiro atoms. The Kier molecular flexibility index (Phi) is 5.01. The zero-order valence-corrected chi connectivity index (χ0v) is 15.4. The molecule has 0 aliphatic carbocycles. The van der Waals surface area contributed by atoms with Gasteiger partial charge in [-0.15, -0.1) is 0 Å². The normalized spacial score (nSPS) is 20.0. The highest BCUT2D eigenvalue weighted by molar-refractivity contribution is 6.30. The van der Waals surface area contributed by atoms with E-state index in [2.05, 4.69) is 4.98 Å². The van der Waals surface area contributed by atoms with Crippen LogP contribution in [0.2, 0.25) is 5.02 Å². The molecule has 0 unspecified atom stereocenters. The van der Waals surface area contributed by atoms with E-state index in [0.29, 0.717) is 30.3 Å². The van der Waals surface area contributed by atoms with Crippen LogP contribution < -0.4 is 4.74 Å². The molecule has 4 rings (SSSR count). The van der Waals surface area contributed by atoms with E-state index >= 15 is 0 Å². The summed E-state index contributed by atoms with van der Waals surface area (Å²) in [6.07, 6.45) is 1.08. The molecule has 3 aromatic rings. The zero-order chi connectivity index (χ0) is 18.8. The van der Waals surface area contributed by atoms with Crippen molar-refractivity contribution in [2.45, 2.75) is 25.2 Å². The summed E-state index contributed by atoms with van der Waals surface area (Å²) in [5, 5.41) is 10.9. The third kappa shape index (κ3) is 3.91. The fraction of sp³-hybridized carbons (Fsp3) is 0.300. The molecule has 1 aliphatic heterocycles. The van der Waals surface area contributed by atoms with Crippen molar-refractivity contribution in [3.63, 3.8) is 0 Å². The number of aliphatic hydroxyl groups is 1. The molecule has 1 saturated heterocycles. The van der Waals surface area contributed by atoms with Crippen LogP contribution in [0, 0.1) is 0 Å². The van der Waals surface area contributed by atoms with Gasteiger partial charge in [-0.3, -0.25) is 4.79 Å². The number of para-hydroxylation sites is 2. The molecule has 7 heteroatoms. The van der Waals surface area contributed by atoms with Crippen molar-refractivity contribution in [1.29, 1.82) is 0 Å². The van der Waals surface area contributed by atoms with Crippen molar-refractivity contribution in [3.05, 3.63) is 59.9 Å². The summed E-state index contributed by atoms with van der Waals surface area (Å²) in [6.45, 7) is 1.06. The van der Waals surface area contributed by atoms with Gasteiger partial charge in [0, 0.05) is 11.6 Å². The monoisotopic (exact) mass is 385 g/mol. The zero-order valence-electron chi connectivity index (χ0n) is 14.7. The van der Waals surface area contributed by atoms with Crippen LogP contribution in [0.5, 0.6) is 5.75 Å². The van der Waals surface area contributed by atoms with E-state index in [0.717, 1.165) is 11.0 Å². The van der Waals surface area contributed by atoms with Crippen LogP contribution in [0.3, 0.4) is 0 Å². The molecule has 27 heavy (non-hydrogen) atoms. The van der Waals surface area contributed by atoms with Gasteiger partial charge in [0.15, 0.2) is 0 Å². The predicted octanol–water partition coefficient (Wildman–Crippen LogP) is 2.73. The van der Waals surface area contributed by atoms with E-state index in [1.165, 1.54) is 0 Å². The van der Waals surface area contributed by atoms with Crippen molar-refractivity contribution in [1.82, 2.24) is 14.5 Å². The molecule has 2 atom stereocenters. The number of imidazole rings is 1. The molecule has 1 aliphatic rings. The maximum absolute atomic E-state index is 12.8. The molecule has 1 N–H and O–H groups in total. The minimum atomic E-state index is -0.612. The van der Waals surface area contributed by atoms with Gasteiger partial charge in [-0.25, -0.2) is 4.98 Å². The second-order valence-electron chi connectivity index (χ2n) is 6.67. The first kappa shape index (κ1) is 17.8. The lowest BCUT2D eigenvalue weighted by Gasteiger charge is -2.36. The van der Waals surface area contributed by atoms with Crippen molar-refractivity contribution in [3.8, 4) is 5.75 Å². The van der Waals surface area contributed by atoms with Gasteiger partial charge in [0.2, 0.25) is 5.91 Å². The van der Waals surface area contributed by atoms with Crippen molar-refractivity contribution in [2.75, 3.05) is 13.1 Å². The molecule has 1 aromatic heterocycles. The topological polar surface area (TPSA) is 67.6 Å². The minimum Gasteiger partial charge on any atom is -0.486 e. The average molecular weight is 386 g/mol. The number of hydrogen-bond acceptors (Lipinski definition) is 4. The fourth-order valence-electron chi connectivity index (χ4n) is 3.32. The molecular formula is C20H20ClN3O3. The van der Waals surface area contributed by atoms with Gasteiger partial charge in [-0.05, 0) is 42.8 Å². The smallest absolute Gasteiger partial charge is 0.242 e. The van der Waals surface area contributed by atoms with Crippen LogP contribution in [-0.4, -0.2) is 50.8 Å². The molecule has 2 heterocycles. The second-order valence-corrected chi connectivity index (χ2v) is 7.10. The van der Waals surface area contributed by atoms with Crippen LogP contribution in [0.25, 0.3) is 11.0 Å². The molecule has 1 fully saturated rings. The van der Waals surface area contributed by atoms with Crippen LogP contribution in [-0.2, 0) is 11.3 Å². The molecule has 140 valence electrons. The van der Waals surface area contributed by atoms with Crippen LogP contribution in [0.1, 0.15) is 6.42 Å². The second kappa shape index (κ2) is 7.58. The van der Waals surface area contributed by atoms with Gasteiger partial charge >= 0.3 is 0 Å². The number of hydrogen-bond donors (Lipinski definition) is 1. The maximum Gasteiger partial charge on any atom is 0.242 e. The van der Waals surface area contributed by atoms with Gasteiger partial charge in [-0.2, -0.15) is 0 Å². The summed E-state index contributed by atoms with van der Waals surface area (Å²) in [6, 6.07) is 14.7. The third-order valence-corrected chi connectivity index (χ3v) is 5.06. The Morgan fingerprint density at radius 2 is 2.00 bits per heavy atom. The number of aromatic nitrogens is 2. The molecule has 2 aromatic carbocycles. The average Bonchev–Trinajstić information content (AvgIpc) is 3.08. The standard InChI is InChI=1S/C20H20ClN3O3/c21-14-5-7-15(8-6-14)27-19-11-23(10-9-18(19)25)20(26)12-24-13-22-16-3-1-2-4-17(16)24/h1-8,13,18-19,25H,9-12H2/t18-,19-/m1/s1. The van der Waals surface area contributed by atoms with Crippen molar-refractivity contribution in [2.24, 2.45) is 0 Å². The van der Waals surface area contributed by atoms with Crippen LogP contribution in [0.15, 0.2) is 54.9 Å². The number of nitrogens with zero attached hydrogens (tertiary/aromatic N) is 3. The summed E-state index contributed by atoms with van der Waals surface area (Å²) in [5.41, 5.74) is 1.79. The first-order valence-corrected chi connectivity index (χ1v) is 9.26. The predicted molar refractivity (Wildman–Crippen MR) is 103 cm³/mol. The highest BCUT2D eigenvalue weighted by atomic mass is 35.5. The Balaban J connectivity index is 1.43. The minimum absolute atomic E-state index is 0.0187. The molecule has 0 radical (unpaired) electrons. The van der Waals surface area contributed by atoms with E-state index in [4.69, 9.17) is 16.3 Å². The summed E-state index contributed by atoms with van der Waals surface area (Å²) in [7, 11) is 0. The highest BCUT2D eigenvalue weighted by Gasteiger charge is 2.32. The number of rotatable bonds is 4. The third-order valence-electron chi connectivity index (χ3n) is 4.81. The Hall–Kier alpha value is -2.57. The van der Waals surface area contributed by atoms with Gasteiger partial charge in [0.05, 0.1) is 30.0 Å². The number of aliphatic hydroxyl groups excluding tert-OH is 1. The quantitative estimate of drug-likeness (QED) is 0.749. The first-order valence-electron chi connectivity index (χ1n) is 8.88. The lowest BCUT2D eigenvalue weighted by Crippen LogP contribution is -2.52. The lowest BCUT2D eigenvalue weighted by molar-refractivity contribution is -0.137. The number of amides is 1. The molecular weight excluding hydrogens is 366 g/mol. The van der Waals surface area contributed by atoms with E-state index < -0.39 is 12.2 Å². The number of ether oxygens (including phenoxy) is 1. The molecule has 0 saturated carbocycles. The Morgan fingerprint density at radius 3 is 2.81 bits per heavy atom. The number of fused-ring (bicyclic) bond motifs is 1. The SMILES string of the molecule is O=C(Cn1cnc2ccccc21)N1CC[C@@H](O)[C@H](Oc2ccc(Cl)cc2)C1. The van der Waals surface area contributed by atoms with E-state index in [1.54, 1.807) is 35.5 Å². The number of carbonyl (C=O) groups is 1. The lowest BCUT2D eigenvalue weighted by atomic mass is 10.0. The Morgan fingerprint density at radius 1 is 1.22 bits per heavy atom. The summed E-state index contributed by atoms with van der Waals surface area (Å²) in [4.78, 5) is 18.8. The van der Waals surface area contributed by atoms with Gasteiger partial charge in [0.25, 0.3) is 0 Å². The number of likely N-dealkylation sites (tertiary alicyclic amines) is 1.